The maximum absolute atomic E-state index is 11.3. The van der Waals surface area contributed by atoms with Crippen molar-refractivity contribution in [1.82, 2.24) is 10.2 Å². The zero-order valence-electron chi connectivity index (χ0n) is 7.18. The summed E-state index contributed by atoms with van der Waals surface area (Å²) in [4.78, 5) is 13.0. The number of carbonyl (C=O) groups excluding carboxylic acids is 1. The lowest BCUT2D eigenvalue weighted by Crippen LogP contribution is -2.59. The predicted molar refractivity (Wildman–Crippen MR) is 46.9 cm³/mol. The van der Waals surface area contributed by atoms with Gasteiger partial charge in [-0.05, 0) is 6.92 Å². The number of amides is 1. The molecule has 1 aliphatic rings. The zero-order valence-corrected chi connectivity index (χ0v) is 7.99. The minimum atomic E-state index is -0.122. The fourth-order valence-corrected chi connectivity index (χ4v) is 1.19. The van der Waals surface area contributed by atoms with E-state index in [1.807, 2.05) is 6.92 Å². The molecule has 0 unspecified atom stereocenters. The highest BCUT2D eigenvalue weighted by molar-refractivity contribution is 5.85. The van der Waals surface area contributed by atoms with Crippen molar-refractivity contribution in [1.29, 1.82) is 0 Å². The lowest BCUT2D eigenvalue weighted by Gasteiger charge is -2.39. The lowest BCUT2D eigenvalue weighted by molar-refractivity contribution is -0.141. The summed E-state index contributed by atoms with van der Waals surface area (Å²) < 4.78 is 0. The van der Waals surface area contributed by atoms with Crippen LogP contribution >= 0.6 is 12.4 Å². The summed E-state index contributed by atoms with van der Waals surface area (Å²) >= 11 is 0. The molecule has 1 amide bonds. The highest BCUT2D eigenvalue weighted by Crippen LogP contribution is 2.22. The first-order valence-electron chi connectivity index (χ1n) is 3.49. The Morgan fingerprint density at radius 2 is 1.91 bits per heavy atom. The molecule has 66 valence electrons. The fourth-order valence-electron chi connectivity index (χ4n) is 1.19. The summed E-state index contributed by atoms with van der Waals surface area (Å²) in [5.74, 6) is 0.228. The van der Waals surface area contributed by atoms with Crippen molar-refractivity contribution in [2.45, 2.75) is 6.92 Å². The number of hydrogen-bond acceptors (Lipinski definition) is 2. The van der Waals surface area contributed by atoms with Crippen LogP contribution in [0.4, 0.5) is 0 Å². The zero-order chi connectivity index (χ0) is 7.78. The van der Waals surface area contributed by atoms with E-state index in [0.717, 1.165) is 13.1 Å². The van der Waals surface area contributed by atoms with E-state index >= 15 is 0 Å². The van der Waals surface area contributed by atoms with Gasteiger partial charge >= 0.3 is 0 Å². The third kappa shape index (κ3) is 1.84. The van der Waals surface area contributed by atoms with Crippen molar-refractivity contribution in [3.05, 3.63) is 0 Å². The SMILES string of the molecule is CN(C)C(=O)C1(C)CNC1.Cl. The van der Waals surface area contributed by atoms with Crippen molar-refractivity contribution >= 4 is 18.3 Å². The Labute approximate surface area is 73.5 Å². The Morgan fingerprint density at radius 3 is 2.00 bits per heavy atom. The molecule has 0 radical (unpaired) electrons. The van der Waals surface area contributed by atoms with Crippen LogP contribution in [-0.4, -0.2) is 38.0 Å². The standard InChI is InChI=1S/C7H14N2O.ClH/c1-7(4-8-5-7)6(10)9(2)3;/h8H,4-5H2,1-3H3;1H. The van der Waals surface area contributed by atoms with Crippen LogP contribution in [0.5, 0.6) is 0 Å². The first-order valence-corrected chi connectivity index (χ1v) is 3.49. The number of rotatable bonds is 1. The van der Waals surface area contributed by atoms with E-state index in [1.165, 1.54) is 0 Å². The second-order valence-corrected chi connectivity index (χ2v) is 3.36. The summed E-state index contributed by atoms with van der Waals surface area (Å²) in [6.45, 7) is 3.64. The number of carbonyl (C=O) groups is 1. The van der Waals surface area contributed by atoms with Crippen molar-refractivity contribution in [3.8, 4) is 0 Å². The Hall–Kier alpha value is -0.280. The first kappa shape index (κ1) is 10.7. The van der Waals surface area contributed by atoms with Gasteiger partial charge in [0.15, 0.2) is 0 Å². The second-order valence-electron chi connectivity index (χ2n) is 3.36. The lowest BCUT2D eigenvalue weighted by atomic mass is 9.83. The quantitative estimate of drug-likeness (QED) is 0.618. The molecule has 0 saturated carbocycles. The molecular weight excluding hydrogens is 164 g/mol. The summed E-state index contributed by atoms with van der Waals surface area (Å²) in [5, 5.41) is 3.09. The van der Waals surface area contributed by atoms with Gasteiger partial charge in [-0.3, -0.25) is 4.79 Å². The number of nitrogens with zero attached hydrogens (tertiary/aromatic N) is 1. The Morgan fingerprint density at radius 1 is 1.45 bits per heavy atom. The maximum atomic E-state index is 11.3. The van der Waals surface area contributed by atoms with Crippen molar-refractivity contribution in [2.24, 2.45) is 5.41 Å². The molecule has 0 spiro atoms. The number of hydrogen-bond donors (Lipinski definition) is 1. The molecule has 3 nitrogen and oxygen atoms in total. The smallest absolute Gasteiger partial charge is 0.230 e. The molecule has 0 aromatic rings. The Kier molecular flexibility index (Phi) is 3.32. The molecule has 1 saturated heterocycles. The molecule has 0 atom stereocenters. The van der Waals surface area contributed by atoms with E-state index < -0.39 is 0 Å². The first-order chi connectivity index (χ1) is 4.56. The van der Waals surface area contributed by atoms with Crippen molar-refractivity contribution in [2.75, 3.05) is 27.2 Å². The molecule has 0 bridgehead atoms. The van der Waals surface area contributed by atoms with Crippen LogP contribution in [0.25, 0.3) is 0 Å². The van der Waals surface area contributed by atoms with Gasteiger partial charge in [-0.25, -0.2) is 0 Å². The average molecular weight is 179 g/mol. The average Bonchev–Trinajstić information content (AvgIpc) is 1.81. The summed E-state index contributed by atoms with van der Waals surface area (Å²) in [5.41, 5.74) is -0.122. The van der Waals surface area contributed by atoms with E-state index in [-0.39, 0.29) is 23.7 Å². The maximum Gasteiger partial charge on any atom is 0.230 e. The van der Waals surface area contributed by atoms with E-state index in [1.54, 1.807) is 19.0 Å². The van der Waals surface area contributed by atoms with Crippen molar-refractivity contribution < 1.29 is 4.79 Å². The largest absolute Gasteiger partial charge is 0.348 e. The van der Waals surface area contributed by atoms with E-state index in [0.29, 0.717) is 0 Å². The normalized spacial score (nSPS) is 19.5. The van der Waals surface area contributed by atoms with Crippen LogP contribution in [0.2, 0.25) is 0 Å². The molecule has 1 N–H and O–H groups in total. The van der Waals surface area contributed by atoms with Crippen LogP contribution in [0.1, 0.15) is 6.92 Å². The highest BCUT2D eigenvalue weighted by atomic mass is 35.5. The van der Waals surface area contributed by atoms with Gasteiger partial charge in [0.1, 0.15) is 0 Å². The molecule has 11 heavy (non-hydrogen) atoms. The van der Waals surface area contributed by atoms with Gasteiger partial charge in [-0.15, -0.1) is 12.4 Å². The Bertz CT molecular complexity index is 155. The summed E-state index contributed by atoms with van der Waals surface area (Å²) in [7, 11) is 3.60. The minimum absolute atomic E-state index is 0. The second kappa shape index (κ2) is 3.41. The Balaban J connectivity index is 0.000001000. The third-order valence-corrected chi connectivity index (χ3v) is 1.95. The van der Waals surface area contributed by atoms with Crippen LogP contribution in [0, 0.1) is 5.41 Å². The van der Waals surface area contributed by atoms with Crippen LogP contribution in [0.15, 0.2) is 0 Å². The van der Waals surface area contributed by atoms with Crippen LogP contribution in [0.3, 0.4) is 0 Å². The molecule has 0 aromatic carbocycles. The minimum Gasteiger partial charge on any atom is -0.348 e. The molecule has 4 heteroatoms. The van der Waals surface area contributed by atoms with Gasteiger partial charge in [-0.2, -0.15) is 0 Å². The predicted octanol–water partition coefficient (Wildman–Crippen LogP) is 0.106. The molecular formula is C7H15ClN2O. The van der Waals surface area contributed by atoms with Gasteiger partial charge in [-0.1, -0.05) is 0 Å². The van der Waals surface area contributed by atoms with Gasteiger partial charge in [0, 0.05) is 27.2 Å². The van der Waals surface area contributed by atoms with E-state index in [2.05, 4.69) is 5.32 Å². The molecule has 1 fully saturated rings. The molecule has 1 aliphatic heterocycles. The van der Waals surface area contributed by atoms with E-state index in [4.69, 9.17) is 0 Å². The third-order valence-electron chi connectivity index (χ3n) is 1.95. The van der Waals surface area contributed by atoms with Crippen LogP contribution < -0.4 is 5.32 Å². The molecule has 1 rings (SSSR count). The van der Waals surface area contributed by atoms with Gasteiger partial charge in [0.2, 0.25) is 5.91 Å². The summed E-state index contributed by atoms with van der Waals surface area (Å²) in [6.07, 6.45) is 0. The monoisotopic (exact) mass is 178 g/mol. The van der Waals surface area contributed by atoms with Gasteiger partial charge < -0.3 is 10.2 Å². The fraction of sp³-hybridized carbons (Fsp3) is 0.857. The van der Waals surface area contributed by atoms with Gasteiger partial charge in [0.25, 0.3) is 0 Å². The van der Waals surface area contributed by atoms with E-state index in [9.17, 15) is 4.79 Å². The summed E-state index contributed by atoms with van der Waals surface area (Å²) in [6, 6.07) is 0. The number of halogens is 1. The molecule has 0 aromatic heterocycles. The number of nitrogens with one attached hydrogen (secondary N) is 1. The van der Waals surface area contributed by atoms with Crippen molar-refractivity contribution in [3.63, 3.8) is 0 Å². The highest BCUT2D eigenvalue weighted by Gasteiger charge is 2.40. The molecule has 1 heterocycles. The molecule has 0 aliphatic carbocycles. The van der Waals surface area contributed by atoms with Crippen LogP contribution in [-0.2, 0) is 4.79 Å². The topological polar surface area (TPSA) is 32.3 Å². The van der Waals surface area contributed by atoms with Gasteiger partial charge in [0.05, 0.1) is 5.41 Å².